The van der Waals surface area contributed by atoms with Crippen LogP contribution in [-0.2, 0) is 9.47 Å². The number of hydrogen-bond acceptors (Lipinski definition) is 3. The highest BCUT2D eigenvalue weighted by Gasteiger charge is 1.99. The van der Waals surface area contributed by atoms with Gasteiger partial charge in [-0.05, 0) is 19.4 Å². The minimum Gasteiger partial charge on any atom is -0.383 e. The van der Waals surface area contributed by atoms with Crippen molar-refractivity contribution in [2.75, 3.05) is 40.0 Å². The molecule has 3 heteroatoms. The fraction of sp³-hybridized carbons (Fsp3) is 1.00. The van der Waals surface area contributed by atoms with Crippen LogP contribution in [0.15, 0.2) is 0 Å². The Labute approximate surface area is 75.4 Å². The van der Waals surface area contributed by atoms with Crippen LogP contribution in [0.4, 0.5) is 0 Å². The SMILES string of the molecule is CCOCC(C)CNCCOC. The molecule has 1 atom stereocenters. The fourth-order valence-electron chi connectivity index (χ4n) is 0.901. The second-order valence-corrected chi connectivity index (χ2v) is 2.96. The molecule has 0 saturated carbocycles. The molecule has 74 valence electrons. The molecule has 1 unspecified atom stereocenters. The summed E-state index contributed by atoms with van der Waals surface area (Å²) in [5.41, 5.74) is 0. The van der Waals surface area contributed by atoms with Gasteiger partial charge in [0, 0.05) is 20.3 Å². The van der Waals surface area contributed by atoms with Crippen molar-refractivity contribution in [2.24, 2.45) is 5.92 Å². The van der Waals surface area contributed by atoms with Gasteiger partial charge in [-0.2, -0.15) is 0 Å². The van der Waals surface area contributed by atoms with Gasteiger partial charge in [0.25, 0.3) is 0 Å². The van der Waals surface area contributed by atoms with E-state index < -0.39 is 0 Å². The van der Waals surface area contributed by atoms with Gasteiger partial charge in [0.15, 0.2) is 0 Å². The molecule has 0 aromatic carbocycles. The van der Waals surface area contributed by atoms with Crippen LogP contribution in [0, 0.1) is 5.92 Å². The van der Waals surface area contributed by atoms with E-state index in [1.807, 2.05) is 6.92 Å². The third-order valence-corrected chi connectivity index (χ3v) is 1.58. The van der Waals surface area contributed by atoms with Crippen LogP contribution in [0.2, 0.25) is 0 Å². The van der Waals surface area contributed by atoms with E-state index in [0.717, 1.165) is 32.9 Å². The van der Waals surface area contributed by atoms with Crippen molar-refractivity contribution in [3.63, 3.8) is 0 Å². The highest BCUT2D eigenvalue weighted by Crippen LogP contribution is 1.92. The summed E-state index contributed by atoms with van der Waals surface area (Å²) in [5, 5.41) is 3.29. The number of methoxy groups -OCH3 is 1. The summed E-state index contributed by atoms with van der Waals surface area (Å²) < 4.78 is 10.2. The van der Waals surface area contributed by atoms with E-state index in [2.05, 4.69) is 12.2 Å². The zero-order chi connectivity index (χ0) is 9.23. The topological polar surface area (TPSA) is 30.5 Å². The summed E-state index contributed by atoms with van der Waals surface area (Å²) in [6.45, 7) is 8.55. The van der Waals surface area contributed by atoms with Crippen molar-refractivity contribution in [3.05, 3.63) is 0 Å². The highest BCUT2D eigenvalue weighted by atomic mass is 16.5. The first-order chi connectivity index (χ1) is 5.81. The molecule has 0 amide bonds. The van der Waals surface area contributed by atoms with Gasteiger partial charge in [0.1, 0.15) is 0 Å². The van der Waals surface area contributed by atoms with Gasteiger partial charge in [0.05, 0.1) is 13.2 Å². The molecule has 0 aliphatic rings. The molecule has 0 heterocycles. The lowest BCUT2D eigenvalue weighted by atomic mass is 10.2. The molecule has 0 aliphatic carbocycles. The van der Waals surface area contributed by atoms with Gasteiger partial charge < -0.3 is 14.8 Å². The molecule has 0 saturated heterocycles. The summed E-state index contributed by atoms with van der Waals surface area (Å²) in [6, 6.07) is 0. The predicted molar refractivity (Wildman–Crippen MR) is 50.4 cm³/mol. The normalized spacial score (nSPS) is 13.2. The van der Waals surface area contributed by atoms with Gasteiger partial charge in [-0.25, -0.2) is 0 Å². The van der Waals surface area contributed by atoms with Gasteiger partial charge in [-0.15, -0.1) is 0 Å². The number of rotatable bonds is 8. The summed E-state index contributed by atoms with van der Waals surface area (Å²) in [4.78, 5) is 0. The monoisotopic (exact) mass is 175 g/mol. The van der Waals surface area contributed by atoms with E-state index in [-0.39, 0.29) is 0 Å². The number of nitrogens with one attached hydrogen (secondary N) is 1. The molecule has 3 nitrogen and oxygen atoms in total. The fourth-order valence-corrected chi connectivity index (χ4v) is 0.901. The molecular formula is C9H21NO2. The third kappa shape index (κ3) is 7.98. The Morgan fingerprint density at radius 2 is 2.17 bits per heavy atom. The minimum absolute atomic E-state index is 0.585. The van der Waals surface area contributed by atoms with Crippen LogP contribution in [-0.4, -0.2) is 40.0 Å². The molecular weight excluding hydrogens is 154 g/mol. The van der Waals surface area contributed by atoms with Crippen LogP contribution in [0.3, 0.4) is 0 Å². The maximum atomic E-state index is 5.28. The average molecular weight is 175 g/mol. The molecule has 0 fully saturated rings. The van der Waals surface area contributed by atoms with Crippen LogP contribution in [0.5, 0.6) is 0 Å². The first-order valence-electron chi connectivity index (χ1n) is 4.58. The lowest BCUT2D eigenvalue weighted by Gasteiger charge is -2.11. The van der Waals surface area contributed by atoms with Crippen LogP contribution in [0.25, 0.3) is 0 Å². The third-order valence-electron chi connectivity index (χ3n) is 1.58. The Bertz CT molecular complexity index is 88.6. The molecule has 0 bridgehead atoms. The first kappa shape index (κ1) is 11.9. The number of hydrogen-bond donors (Lipinski definition) is 1. The summed E-state index contributed by atoms with van der Waals surface area (Å²) in [6.07, 6.45) is 0. The van der Waals surface area contributed by atoms with E-state index in [4.69, 9.17) is 9.47 Å². The van der Waals surface area contributed by atoms with Crippen LogP contribution >= 0.6 is 0 Å². The highest BCUT2D eigenvalue weighted by molar-refractivity contribution is 4.55. The molecule has 0 aromatic heterocycles. The van der Waals surface area contributed by atoms with Gasteiger partial charge in [-0.1, -0.05) is 6.92 Å². The van der Waals surface area contributed by atoms with E-state index >= 15 is 0 Å². The largest absolute Gasteiger partial charge is 0.383 e. The zero-order valence-corrected chi connectivity index (χ0v) is 8.43. The van der Waals surface area contributed by atoms with Crippen LogP contribution < -0.4 is 5.32 Å². The standard InChI is InChI=1S/C9H21NO2/c1-4-12-8-9(2)7-10-5-6-11-3/h9-10H,4-8H2,1-3H3. The molecule has 0 radical (unpaired) electrons. The smallest absolute Gasteiger partial charge is 0.0587 e. The average Bonchev–Trinajstić information content (AvgIpc) is 2.09. The van der Waals surface area contributed by atoms with E-state index in [1.54, 1.807) is 7.11 Å². The Hall–Kier alpha value is -0.120. The van der Waals surface area contributed by atoms with Crippen molar-refractivity contribution in [2.45, 2.75) is 13.8 Å². The second kappa shape index (κ2) is 8.97. The molecule has 1 N–H and O–H groups in total. The Morgan fingerprint density at radius 1 is 1.42 bits per heavy atom. The van der Waals surface area contributed by atoms with E-state index in [9.17, 15) is 0 Å². The maximum absolute atomic E-state index is 5.28. The molecule has 0 rings (SSSR count). The van der Waals surface area contributed by atoms with Crippen molar-refractivity contribution >= 4 is 0 Å². The second-order valence-electron chi connectivity index (χ2n) is 2.96. The van der Waals surface area contributed by atoms with E-state index in [1.165, 1.54) is 0 Å². The maximum Gasteiger partial charge on any atom is 0.0587 e. The summed E-state index contributed by atoms with van der Waals surface area (Å²) in [5.74, 6) is 0.585. The Balaban J connectivity index is 3.02. The minimum atomic E-state index is 0.585. The number of ether oxygens (including phenoxy) is 2. The van der Waals surface area contributed by atoms with Gasteiger partial charge >= 0.3 is 0 Å². The van der Waals surface area contributed by atoms with Crippen LogP contribution in [0.1, 0.15) is 13.8 Å². The van der Waals surface area contributed by atoms with Crippen molar-refractivity contribution in [1.29, 1.82) is 0 Å². The van der Waals surface area contributed by atoms with Crippen molar-refractivity contribution in [1.82, 2.24) is 5.32 Å². The van der Waals surface area contributed by atoms with E-state index in [0.29, 0.717) is 5.92 Å². The molecule has 0 aromatic rings. The zero-order valence-electron chi connectivity index (χ0n) is 8.43. The molecule has 0 aliphatic heterocycles. The van der Waals surface area contributed by atoms with Crippen molar-refractivity contribution in [3.8, 4) is 0 Å². The van der Waals surface area contributed by atoms with Crippen molar-refractivity contribution < 1.29 is 9.47 Å². The van der Waals surface area contributed by atoms with Gasteiger partial charge in [0.2, 0.25) is 0 Å². The lowest BCUT2D eigenvalue weighted by molar-refractivity contribution is 0.114. The molecule has 12 heavy (non-hydrogen) atoms. The summed E-state index contributed by atoms with van der Waals surface area (Å²) in [7, 11) is 1.71. The predicted octanol–water partition coefficient (Wildman–Crippen LogP) is 0.895. The molecule has 0 spiro atoms. The first-order valence-corrected chi connectivity index (χ1v) is 4.58. The Kier molecular flexibility index (Phi) is 8.88. The lowest BCUT2D eigenvalue weighted by Crippen LogP contribution is -2.27. The Morgan fingerprint density at radius 3 is 2.75 bits per heavy atom. The van der Waals surface area contributed by atoms with Gasteiger partial charge in [-0.3, -0.25) is 0 Å². The summed E-state index contributed by atoms with van der Waals surface area (Å²) >= 11 is 0. The quantitative estimate of drug-likeness (QED) is 0.556.